The van der Waals surface area contributed by atoms with Crippen LogP contribution in [-0.2, 0) is 11.2 Å². The number of piperidine rings is 1. The number of hydrogen-bond donors (Lipinski definition) is 0. The number of carbonyl (C=O) groups excluding carboxylic acids is 1. The van der Waals surface area contributed by atoms with Crippen LogP contribution in [0.25, 0.3) is 0 Å². The largest absolute Gasteiger partial charge is 0.368 e. The van der Waals surface area contributed by atoms with Crippen LogP contribution in [0, 0.1) is 0 Å². The molecule has 0 N–H and O–H groups in total. The van der Waals surface area contributed by atoms with E-state index in [0.717, 1.165) is 13.0 Å². The van der Waals surface area contributed by atoms with Gasteiger partial charge in [0.05, 0.1) is 0 Å². The first-order valence-electron chi connectivity index (χ1n) is 6.08. The Morgan fingerprint density at radius 1 is 1.38 bits per heavy atom. The van der Waals surface area contributed by atoms with Crippen molar-refractivity contribution in [3.63, 3.8) is 0 Å². The average molecular weight is 217 g/mol. The number of rotatable bonds is 2. The number of anilines is 1. The molecule has 0 amide bonds. The molecule has 1 aliphatic heterocycles. The van der Waals surface area contributed by atoms with Crippen LogP contribution in [0.2, 0.25) is 0 Å². The third kappa shape index (κ3) is 2.11. The predicted molar refractivity (Wildman–Crippen MR) is 66.9 cm³/mol. The van der Waals surface area contributed by atoms with Gasteiger partial charge in [-0.15, -0.1) is 0 Å². The highest BCUT2D eigenvalue weighted by Crippen LogP contribution is 2.26. The van der Waals surface area contributed by atoms with Crippen LogP contribution in [-0.4, -0.2) is 18.4 Å². The van der Waals surface area contributed by atoms with Gasteiger partial charge < -0.3 is 4.90 Å². The van der Waals surface area contributed by atoms with Gasteiger partial charge >= 0.3 is 0 Å². The Hall–Kier alpha value is -1.31. The molecule has 0 bridgehead atoms. The summed E-state index contributed by atoms with van der Waals surface area (Å²) in [6.45, 7) is 5.19. The summed E-state index contributed by atoms with van der Waals surface area (Å²) in [5.74, 6) is 0.401. The van der Waals surface area contributed by atoms with Crippen molar-refractivity contribution in [2.45, 2.75) is 39.2 Å². The van der Waals surface area contributed by atoms with Crippen molar-refractivity contribution >= 4 is 11.5 Å². The minimum atomic E-state index is 0.342. The van der Waals surface area contributed by atoms with Gasteiger partial charge in [-0.25, -0.2) is 0 Å². The van der Waals surface area contributed by atoms with E-state index in [1.807, 2.05) is 0 Å². The van der Waals surface area contributed by atoms with Gasteiger partial charge in [0.25, 0.3) is 0 Å². The van der Waals surface area contributed by atoms with Crippen LogP contribution >= 0.6 is 0 Å². The van der Waals surface area contributed by atoms with E-state index in [1.54, 1.807) is 0 Å². The van der Waals surface area contributed by atoms with Gasteiger partial charge in [0.1, 0.15) is 5.78 Å². The number of benzene rings is 1. The lowest BCUT2D eigenvalue weighted by atomic mass is 9.99. The third-order valence-corrected chi connectivity index (χ3v) is 3.37. The van der Waals surface area contributed by atoms with Crippen molar-refractivity contribution in [2.75, 3.05) is 11.4 Å². The minimum Gasteiger partial charge on any atom is -0.368 e. The smallest absolute Gasteiger partial charge is 0.136 e. The molecule has 86 valence electrons. The molecule has 16 heavy (non-hydrogen) atoms. The number of Topliss-reactive ketones (excluding diaryl/α,β-unsaturated/α-hetero) is 1. The van der Waals surface area contributed by atoms with Crippen LogP contribution in [0.15, 0.2) is 24.3 Å². The second kappa shape index (κ2) is 4.69. The monoisotopic (exact) mass is 217 g/mol. The van der Waals surface area contributed by atoms with Crippen molar-refractivity contribution in [1.29, 1.82) is 0 Å². The maximum Gasteiger partial charge on any atom is 0.136 e. The highest BCUT2D eigenvalue weighted by molar-refractivity contribution is 5.81. The van der Waals surface area contributed by atoms with E-state index >= 15 is 0 Å². The molecule has 1 aliphatic rings. The predicted octanol–water partition coefficient (Wildman–Crippen LogP) is 2.81. The summed E-state index contributed by atoms with van der Waals surface area (Å²) in [7, 11) is 0. The molecule has 0 spiro atoms. The molecule has 0 saturated carbocycles. The molecule has 1 aromatic carbocycles. The first kappa shape index (κ1) is 11.2. The Kier molecular flexibility index (Phi) is 3.28. The number of carbonyl (C=O) groups is 1. The summed E-state index contributed by atoms with van der Waals surface area (Å²) in [5, 5.41) is 0. The van der Waals surface area contributed by atoms with E-state index in [2.05, 4.69) is 43.0 Å². The molecule has 1 fully saturated rings. The average Bonchev–Trinajstić information content (AvgIpc) is 2.29. The molecule has 1 unspecified atom stereocenters. The zero-order chi connectivity index (χ0) is 11.5. The van der Waals surface area contributed by atoms with Gasteiger partial charge in [-0.05, 0) is 25.0 Å². The second-order valence-electron chi connectivity index (χ2n) is 4.52. The standard InChI is InChI=1S/C14H19NO/c1-3-12-6-4-5-7-14(12)15-9-8-13(16)10-11(15)2/h4-7,11H,3,8-10H2,1-2H3. The molecule has 1 saturated heterocycles. The highest BCUT2D eigenvalue weighted by Gasteiger charge is 2.24. The van der Waals surface area contributed by atoms with E-state index in [4.69, 9.17) is 0 Å². The summed E-state index contributed by atoms with van der Waals surface area (Å²) in [4.78, 5) is 13.8. The summed E-state index contributed by atoms with van der Waals surface area (Å²) in [6.07, 6.45) is 2.44. The topological polar surface area (TPSA) is 20.3 Å². The van der Waals surface area contributed by atoms with Crippen LogP contribution in [0.5, 0.6) is 0 Å². The van der Waals surface area contributed by atoms with Crippen LogP contribution < -0.4 is 4.90 Å². The van der Waals surface area contributed by atoms with Gasteiger partial charge in [0, 0.05) is 31.1 Å². The summed E-state index contributed by atoms with van der Waals surface area (Å²) in [5.41, 5.74) is 2.69. The maximum atomic E-state index is 11.4. The van der Waals surface area contributed by atoms with Crippen molar-refractivity contribution < 1.29 is 4.79 Å². The molecular formula is C14H19NO. The molecule has 1 aromatic rings. The lowest BCUT2D eigenvalue weighted by Gasteiger charge is -2.36. The van der Waals surface area contributed by atoms with Crippen LogP contribution in [0.1, 0.15) is 32.3 Å². The lowest BCUT2D eigenvalue weighted by Crippen LogP contribution is -2.41. The Labute approximate surface area is 97.3 Å². The molecule has 2 heteroatoms. The lowest BCUT2D eigenvalue weighted by molar-refractivity contribution is -0.120. The molecule has 1 atom stereocenters. The summed E-state index contributed by atoms with van der Waals surface area (Å²) >= 11 is 0. The molecule has 0 aromatic heterocycles. The molecule has 0 aliphatic carbocycles. The highest BCUT2D eigenvalue weighted by atomic mass is 16.1. The zero-order valence-electron chi connectivity index (χ0n) is 10.1. The fraction of sp³-hybridized carbons (Fsp3) is 0.500. The zero-order valence-corrected chi connectivity index (χ0v) is 10.1. The fourth-order valence-electron chi connectivity index (χ4n) is 2.46. The van der Waals surface area contributed by atoms with E-state index in [9.17, 15) is 4.79 Å². The Morgan fingerprint density at radius 2 is 2.12 bits per heavy atom. The van der Waals surface area contributed by atoms with Gasteiger partial charge in [-0.1, -0.05) is 25.1 Å². The fourth-order valence-corrected chi connectivity index (χ4v) is 2.46. The Morgan fingerprint density at radius 3 is 2.81 bits per heavy atom. The number of para-hydroxylation sites is 1. The molecule has 2 rings (SSSR count). The van der Waals surface area contributed by atoms with Gasteiger partial charge in [0.15, 0.2) is 0 Å². The Balaban J connectivity index is 2.26. The van der Waals surface area contributed by atoms with Crippen molar-refractivity contribution in [1.82, 2.24) is 0 Å². The quantitative estimate of drug-likeness (QED) is 0.759. The first-order valence-corrected chi connectivity index (χ1v) is 6.08. The van der Waals surface area contributed by atoms with Crippen LogP contribution in [0.4, 0.5) is 5.69 Å². The second-order valence-corrected chi connectivity index (χ2v) is 4.52. The van der Waals surface area contributed by atoms with Gasteiger partial charge in [0.2, 0.25) is 0 Å². The SMILES string of the molecule is CCc1ccccc1N1CCC(=O)CC1C. The number of ketones is 1. The number of nitrogens with zero attached hydrogens (tertiary/aromatic N) is 1. The number of aryl methyl sites for hydroxylation is 1. The summed E-state index contributed by atoms with van der Waals surface area (Å²) < 4.78 is 0. The normalized spacial score (nSPS) is 21.2. The molecule has 1 heterocycles. The molecular weight excluding hydrogens is 198 g/mol. The molecule has 2 nitrogen and oxygen atoms in total. The molecule has 0 radical (unpaired) electrons. The van der Waals surface area contributed by atoms with Crippen molar-refractivity contribution in [2.24, 2.45) is 0 Å². The van der Waals surface area contributed by atoms with Gasteiger partial charge in [-0.3, -0.25) is 4.79 Å². The van der Waals surface area contributed by atoms with E-state index in [0.29, 0.717) is 24.7 Å². The first-order chi connectivity index (χ1) is 7.72. The Bertz CT molecular complexity index is 386. The van der Waals surface area contributed by atoms with E-state index < -0.39 is 0 Å². The summed E-state index contributed by atoms with van der Waals surface area (Å²) in [6, 6.07) is 8.86. The number of hydrogen-bond acceptors (Lipinski definition) is 2. The maximum absolute atomic E-state index is 11.4. The van der Waals surface area contributed by atoms with Crippen LogP contribution in [0.3, 0.4) is 0 Å². The van der Waals surface area contributed by atoms with Gasteiger partial charge in [-0.2, -0.15) is 0 Å². The van der Waals surface area contributed by atoms with E-state index in [1.165, 1.54) is 11.3 Å². The van der Waals surface area contributed by atoms with E-state index in [-0.39, 0.29) is 0 Å². The minimum absolute atomic E-state index is 0.342. The van der Waals surface area contributed by atoms with Crippen molar-refractivity contribution in [3.05, 3.63) is 29.8 Å². The third-order valence-electron chi connectivity index (χ3n) is 3.37. The van der Waals surface area contributed by atoms with Crippen molar-refractivity contribution in [3.8, 4) is 0 Å².